The maximum absolute atomic E-state index is 11.5. The van der Waals surface area contributed by atoms with E-state index in [0.717, 1.165) is 19.3 Å². The first kappa shape index (κ1) is 16.7. The molecule has 0 amide bonds. The molecular weight excluding hydrogens is 248 g/mol. The lowest BCUT2D eigenvalue weighted by molar-refractivity contribution is -0.141. The summed E-state index contributed by atoms with van der Waals surface area (Å²) in [5, 5.41) is 0. The van der Waals surface area contributed by atoms with Crippen LogP contribution in [0.1, 0.15) is 52.5 Å². The summed E-state index contributed by atoms with van der Waals surface area (Å²) in [6.07, 6.45) is 3.45. The minimum atomic E-state index is -0.113. The second kappa shape index (κ2) is 6.92. The minimum Gasteiger partial charge on any atom is -0.469 e. The molecule has 2 nitrogen and oxygen atoms in total. The van der Waals surface area contributed by atoms with Gasteiger partial charge in [-0.15, -0.1) is 0 Å². The maximum atomic E-state index is 11.5. The first-order valence-electron chi connectivity index (χ1n) is 7.35. The van der Waals surface area contributed by atoms with Crippen molar-refractivity contribution in [1.82, 2.24) is 0 Å². The van der Waals surface area contributed by atoms with Gasteiger partial charge in [0.05, 0.1) is 7.11 Å². The molecule has 0 heterocycles. The number of carbonyl (C=O) groups excluding carboxylic acids is 1. The molecule has 1 aromatic carbocycles. The summed E-state index contributed by atoms with van der Waals surface area (Å²) in [6, 6.07) is 10.5. The summed E-state index contributed by atoms with van der Waals surface area (Å²) in [5.74, 6) is -0.113. The summed E-state index contributed by atoms with van der Waals surface area (Å²) >= 11 is 0. The Balaban J connectivity index is 2.80. The van der Waals surface area contributed by atoms with Crippen molar-refractivity contribution in [2.24, 2.45) is 10.8 Å². The maximum Gasteiger partial charge on any atom is 0.305 e. The van der Waals surface area contributed by atoms with Gasteiger partial charge in [0.15, 0.2) is 0 Å². The van der Waals surface area contributed by atoms with Crippen molar-refractivity contribution in [1.29, 1.82) is 0 Å². The largest absolute Gasteiger partial charge is 0.469 e. The smallest absolute Gasteiger partial charge is 0.305 e. The third kappa shape index (κ3) is 6.23. The normalized spacial score (nSPS) is 14.7. The van der Waals surface area contributed by atoms with Crippen LogP contribution in [0.15, 0.2) is 30.3 Å². The van der Waals surface area contributed by atoms with Crippen LogP contribution in [0, 0.1) is 10.8 Å². The van der Waals surface area contributed by atoms with Crippen LogP contribution in [0.4, 0.5) is 0 Å². The van der Waals surface area contributed by atoms with Gasteiger partial charge in [-0.3, -0.25) is 4.79 Å². The van der Waals surface area contributed by atoms with Gasteiger partial charge in [-0.05, 0) is 35.7 Å². The first-order valence-corrected chi connectivity index (χ1v) is 7.35. The predicted molar refractivity (Wildman–Crippen MR) is 83.6 cm³/mol. The molecule has 0 radical (unpaired) electrons. The highest BCUT2D eigenvalue weighted by Gasteiger charge is 2.30. The van der Waals surface area contributed by atoms with Gasteiger partial charge in [-0.2, -0.15) is 0 Å². The van der Waals surface area contributed by atoms with Gasteiger partial charge in [-0.25, -0.2) is 0 Å². The molecule has 0 fully saturated rings. The third-order valence-electron chi connectivity index (χ3n) is 3.59. The highest BCUT2D eigenvalue weighted by atomic mass is 16.5. The fourth-order valence-electron chi connectivity index (χ4n) is 3.11. The van der Waals surface area contributed by atoms with Crippen LogP contribution in [0.3, 0.4) is 0 Å². The average molecular weight is 276 g/mol. The zero-order chi connectivity index (χ0) is 15.2. The van der Waals surface area contributed by atoms with Crippen molar-refractivity contribution >= 4 is 5.97 Å². The molecule has 20 heavy (non-hydrogen) atoms. The lowest BCUT2D eigenvalue weighted by Crippen LogP contribution is -2.27. The van der Waals surface area contributed by atoms with Gasteiger partial charge in [-0.1, -0.05) is 58.0 Å². The Morgan fingerprint density at radius 2 is 1.70 bits per heavy atom. The lowest BCUT2D eigenvalue weighted by atomic mass is 9.69. The Morgan fingerprint density at radius 3 is 2.20 bits per heavy atom. The standard InChI is InChI=1S/C18H28O2/c1-17(2,3)14-18(4,12-11-16(19)20-5)13-15-9-7-6-8-10-15/h6-10H,11-14H2,1-5H3. The van der Waals surface area contributed by atoms with Crippen molar-refractivity contribution in [3.8, 4) is 0 Å². The van der Waals surface area contributed by atoms with E-state index < -0.39 is 0 Å². The SMILES string of the molecule is COC(=O)CCC(C)(Cc1ccccc1)CC(C)(C)C. The Labute approximate surface area is 123 Å². The number of benzene rings is 1. The number of hydrogen-bond acceptors (Lipinski definition) is 2. The molecule has 0 aliphatic heterocycles. The Morgan fingerprint density at radius 1 is 1.10 bits per heavy atom. The van der Waals surface area contributed by atoms with E-state index in [1.807, 2.05) is 6.07 Å². The van der Waals surface area contributed by atoms with Crippen molar-refractivity contribution in [3.05, 3.63) is 35.9 Å². The van der Waals surface area contributed by atoms with Crippen LogP contribution < -0.4 is 0 Å². The van der Waals surface area contributed by atoms with E-state index in [1.165, 1.54) is 12.7 Å². The molecule has 2 heteroatoms. The summed E-state index contributed by atoms with van der Waals surface area (Å²) in [4.78, 5) is 11.5. The Bertz CT molecular complexity index is 417. The fraction of sp³-hybridized carbons (Fsp3) is 0.611. The molecule has 0 N–H and O–H groups in total. The van der Waals surface area contributed by atoms with E-state index in [0.29, 0.717) is 6.42 Å². The van der Waals surface area contributed by atoms with Crippen LogP contribution in [0.2, 0.25) is 0 Å². The molecular formula is C18H28O2. The number of esters is 1. The quantitative estimate of drug-likeness (QED) is 0.708. The number of ether oxygens (including phenoxy) is 1. The second-order valence-electron chi connectivity index (χ2n) is 7.29. The number of hydrogen-bond donors (Lipinski definition) is 0. The number of carbonyl (C=O) groups is 1. The summed E-state index contributed by atoms with van der Waals surface area (Å²) < 4.78 is 4.79. The lowest BCUT2D eigenvalue weighted by Gasteiger charge is -2.36. The van der Waals surface area contributed by atoms with Crippen LogP contribution in [-0.2, 0) is 16.0 Å². The zero-order valence-corrected chi connectivity index (χ0v) is 13.5. The molecule has 0 aliphatic rings. The van der Waals surface area contributed by atoms with E-state index in [9.17, 15) is 4.79 Å². The second-order valence-corrected chi connectivity index (χ2v) is 7.29. The molecule has 0 aromatic heterocycles. The van der Waals surface area contributed by atoms with Gasteiger partial charge in [0.25, 0.3) is 0 Å². The van der Waals surface area contributed by atoms with Gasteiger partial charge >= 0.3 is 5.97 Å². The third-order valence-corrected chi connectivity index (χ3v) is 3.59. The minimum absolute atomic E-state index is 0.113. The molecule has 1 rings (SSSR count). The van der Waals surface area contributed by atoms with Crippen molar-refractivity contribution < 1.29 is 9.53 Å². The first-order chi connectivity index (χ1) is 9.24. The molecule has 0 bridgehead atoms. The molecule has 1 unspecified atom stereocenters. The van der Waals surface area contributed by atoms with Crippen LogP contribution in [0.5, 0.6) is 0 Å². The average Bonchev–Trinajstić information content (AvgIpc) is 2.35. The highest BCUT2D eigenvalue weighted by Crippen LogP contribution is 2.39. The number of rotatable bonds is 6. The van der Waals surface area contributed by atoms with Crippen LogP contribution in [-0.4, -0.2) is 13.1 Å². The predicted octanol–water partition coefficient (Wildman–Crippen LogP) is 4.62. The fourth-order valence-corrected chi connectivity index (χ4v) is 3.11. The molecule has 0 aliphatic carbocycles. The Kier molecular flexibility index (Phi) is 5.79. The molecule has 0 saturated carbocycles. The summed E-state index contributed by atoms with van der Waals surface area (Å²) in [7, 11) is 1.46. The van der Waals surface area contributed by atoms with Gasteiger partial charge in [0.1, 0.15) is 0 Å². The molecule has 112 valence electrons. The molecule has 1 aromatic rings. The Hall–Kier alpha value is -1.31. The topological polar surface area (TPSA) is 26.3 Å². The summed E-state index contributed by atoms with van der Waals surface area (Å²) in [6.45, 7) is 9.06. The van der Waals surface area contributed by atoms with E-state index in [4.69, 9.17) is 4.74 Å². The highest BCUT2D eigenvalue weighted by molar-refractivity contribution is 5.69. The summed E-state index contributed by atoms with van der Waals surface area (Å²) in [5.41, 5.74) is 1.71. The van der Waals surface area contributed by atoms with Gasteiger partial charge in [0, 0.05) is 6.42 Å². The van der Waals surface area contributed by atoms with E-state index in [-0.39, 0.29) is 16.8 Å². The van der Waals surface area contributed by atoms with Gasteiger partial charge in [0.2, 0.25) is 0 Å². The van der Waals surface area contributed by atoms with Gasteiger partial charge < -0.3 is 4.74 Å². The van der Waals surface area contributed by atoms with E-state index >= 15 is 0 Å². The van der Waals surface area contributed by atoms with Crippen molar-refractivity contribution in [2.75, 3.05) is 7.11 Å². The van der Waals surface area contributed by atoms with E-state index in [1.54, 1.807) is 0 Å². The molecule has 1 atom stereocenters. The van der Waals surface area contributed by atoms with Crippen LogP contribution in [0.25, 0.3) is 0 Å². The monoisotopic (exact) mass is 276 g/mol. The van der Waals surface area contributed by atoms with Crippen molar-refractivity contribution in [3.63, 3.8) is 0 Å². The molecule has 0 spiro atoms. The zero-order valence-electron chi connectivity index (χ0n) is 13.5. The van der Waals surface area contributed by atoms with Crippen molar-refractivity contribution in [2.45, 2.75) is 53.4 Å². The van der Waals surface area contributed by atoms with Crippen LogP contribution >= 0.6 is 0 Å². The number of methoxy groups -OCH3 is 1. The molecule has 0 saturated heterocycles. The van der Waals surface area contributed by atoms with E-state index in [2.05, 4.69) is 52.0 Å².